The second-order valence-corrected chi connectivity index (χ2v) is 8.70. The molecular weight excluding hydrogens is 426 g/mol. The summed E-state index contributed by atoms with van der Waals surface area (Å²) >= 11 is 0. The van der Waals surface area contributed by atoms with E-state index in [0.717, 1.165) is 25.7 Å². The average molecular weight is 453 g/mol. The minimum Gasteiger partial charge on any atom is -0.486 e. The maximum Gasteiger partial charge on any atom is 0.241 e. The normalized spacial score (nSPS) is 20.2. The van der Waals surface area contributed by atoms with Crippen LogP contribution in [0.4, 0.5) is 11.4 Å². The van der Waals surface area contributed by atoms with Crippen molar-refractivity contribution < 1.29 is 23.9 Å². The van der Waals surface area contributed by atoms with E-state index in [-0.39, 0.29) is 43.3 Å². The van der Waals surface area contributed by atoms with Crippen LogP contribution >= 0.6 is 0 Å². The van der Waals surface area contributed by atoms with Crippen LogP contribution in [0.5, 0.6) is 11.5 Å². The molecule has 1 aromatic heterocycles. The number of anilines is 2. The number of carbonyl (C=O) groups is 3. The fourth-order valence-electron chi connectivity index (χ4n) is 4.58. The lowest BCUT2D eigenvalue weighted by molar-refractivity contribution is -0.122. The molecule has 33 heavy (non-hydrogen) atoms. The molecule has 0 bridgehead atoms. The molecule has 3 aliphatic rings. The van der Waals surface area contributed by atoms with Crippen LogP contribution in [0.25, 0.3) is 0 Å². The predicted octanol–water partition coefficient (Wildman–Crippen LogP) is 1.70. The molecule has 5 rings (SSSR count). The van der Waals surface area contributed by atoms with E-state index in [4.69, 9.17) is 9.47 Å². The molecule has 1 unspecified atom stereocenters. The summed E-state index contributed by atoms with van der Waals surface area (Å²) in [4.78, 5) is 39.2. The fraction of sp³-hybridized carbons (Fsp3) is 0.478. The second-order valence-electron chi connectivity index (χ2n) is 8.70. The number of fused-ring (bicyclic) bond motifs is 1. The summed E-state index contributed by atoms with van der Waals surface area (Å²) in [6, 6.07) is 5.60. The third-order valence-electron chi connectivity index (χ3n) is 6.26. The largest absolute Gasteiger partial charge is 0.486 e. The van der Waals surface area contributed by atoms with Crippen molar-refractivity contribution in [1.29, 1.82) is 0 Å². The molecule has 2 aromatic rings. The first-order valence-corrected chi connectivity index (χ1v) is 11.4. The number of aromatic nitrogens is 2. The van der Waals surface area contributed by atoms with Gasteiger partial charge in [0.25, 0.3) is 0 Å². The van der Waals surface area contributed by atoms with Crippen LogP contribution in [0, 0.1) is 5.92 Å². The van der Waals surface area contributed by atoms with E-state index >= 15 is 0 Å². The first kappa shape index (κ1) is 21.3. The minimum atomic E-state index is -0.486. The van der Waals surface area contributed by atoms with Gasteiger partial charge in [-0.3, -0.25) is 19.1 Å². The molecule has 2 aliphatic heterocycles. The monoisotopic (exact) mass is 453 g/mol. The molecule has 1 atom stereocenters. The smallest absolute Gasteiger partial charge is 0.241 e. The molecule has 10 nitrogen and oxygen atoms in total. The SMILES string of the molecule is O=C(Cn1cc(NC(=O)C2CC(=O)N(c3ccc4c(c3)OCCO4)C2)cn1)NC1CCCC1. The Kier molecular flexibility index (Phi) is 5.89. The number of hydrogen-bond acceptors (Lipinski definition) is 6. The summed E-state index contributed by atoms with van der Waals surface area (Å²) in [7, 11) is 0. The zero-order valence-corrected chi connectivity index (χ0v) is 18.3. The summed E-state index contributed by atoms with van der Waals surface area (Å²) in [5.41, 5.74) is 1.18. The summed E-state index contributed by atoms with van der Waals surface area (Å²) < 4.78 is 12.6. The first-order chi connectivity index (χ1) is 16.0. The topological polar surface area (TPSA) is 115 Å². The number of nitrogens with one attached hydrogen (secondary N) is 2. The Balaban J connectivity index is 1.16. The van der Waals surface area contributed by atoms with E-state index in [2.05, 4.69) is 15.7 Å². The zero-order valence-electron chi connectivity index (χ0n) is 18.3. The Morgan fingerprint density at radius 1 is 1.12 bits per heavy atom. The van der Waals surface area contributed by atoms with Crippen LogP contribution in [-0.4, -0.2) is 53.3 Å². The van der Waals surface area contributed by atoms with Crippen molar-refractivity contribution in [1.82, 2.24) is 15.1 Å². The second kappa shape index (κ2) is 9.13. The maximum atomic E-state index is 12.8. The number of hydrogen-bond donors (Lipinski definition) is 2. The van der Waals surface area contributed by atoms with Gasteiger partial charge in [-0.1, -0.05) is 12.8 Å². The average Bonchev–Trinajstić information content (AvgIpc) is 3.55. The van der Waals surface area contributed by atoms with Gasteiger partial charge in [0.15, 0.2) is 11.5 Å². The first-order valence-electron chi connectivity index (χ1n) is 11.4. The van der Waals surface area contributed by atoms with Crippen LogP contribution < -0.4 is 25.0 Å². The van der Waals surface area contributed by atoms with Gasteiger partial charge < -0.3 is 25.0 Å². The van der Waals surface area contributed by atoms with Gasteiger partial charge in [0.2, 0.25) is 17.7 Å². The molecule has 0 spiro atoms. The highest BCUT2D eigenvalue weighted by molar-refractivity contribution is 6.03. The molecule has 2 fully saturated rings. The van der Waals surface area contributed by atoms with Gasteiger partial charge in [0.1, 0.15) is 19.8 Å². The molecule has 1 saturated heterocycles. The molecule has 1 aliphatic carbocycles. The van der Waals surface area contributed by atoms with Crippen molar-refractivity contribution >= 4 is 29.1 Å². The lowest BCUT2D eigenvalue weighted by Gasteiger charge is -2.22. The van der Waals surface area contributed by atoms with Crippen LogP contribution in [0.1, 0.15) is 32.1 Å². The van der Waals surface area contributed by atoms with Gasteiger partial charge in [-0.2, -0.15) is 5.10 Å². The van der Waals surface area contributed by atoms with Crippen LogP contribution in [0.2, 0.25) is 0 Å². The summed E-state index contributed by atoms with van der Waals surface area (Å²) in [5, 5.41) is 10.0. The Morgan fingerprint density at radius 3 is 2.73 bits per heavy atom. The zero-order chi connectivity index (χ0) is 22.8. The highest BCUT2D eigenvalue weighted by Gasteiger charge is 2.35. The number of benzene rings is 1. The Labute approximate surface area is 191 Å². The van der Waals surface area contributed by atoms with Crippen molar-refractivity contribution in [2.75, 3.05) is 30.0 Å². The third kappa shape index (κ3) is 4.79. The van der Waals surface area contributed by atoms with Gasteiger partial charge in [-0.15, -0.1) is 0 Å². The maximum absolute atomic E-state index is 12.8. The summed E-state index contributed by atoms with van der Waals surface area (Å²) in [6.07, 6.45) is 7.61. The van der Waals surface area contributed by atoms with Gasteiger partial charge in [0.05, 0.1) is 17.8 Å². The van der Waals surface area contributed by atoms with Gasteiger partial charge in [-0.25, -0.2) is 0 Å². The lowest BCUT2D eigenvalue weighted by Crippen LogP contribution is -2.35. The Bertz CT molecular complexity index is 1060. The van der Waals surface area contributed by atoms with Crippen LogP contribution in [-0.2, 0) is 20.9 Å². The molecule has 0 radical (unpaired) electrons. The summed E-state index contributed by atoms with van der Waals surface area (Å²) in [6.45, 7) is 1.35. The predicted molar refractivity (Wildman–Crippen MR) is 119 cm³/mol. The number of rotatable bonds is 6. The van der Waals surface area contributed by atoms with Gasteiger partial charge in [-0.05, 0) is 25.0 Å². The van der Waals surface area contributed by atoms with E-state index < -0.39 is 5.92 Å². The molecule has 174 valence electrons. The van der Waals surface area contributed by atoms with E-state index in [1.807, 2.05) is 0 Å². The molecule has 3 amide bonds. The van der Waals surface area contributed by atoms with Crippen molar-refractivity contribution in [2.45, 2.75) is 44.7 Å². The minimum absolute atomic E-state index is 0.0839. The van der Waals surface area contributed by atoms with Crippen LogP contribution in [0.3, 0.4) is 0 Å². The quantitative estimate of drug-likeness (QED) is 0.688. The van der Waals surface area contributed by atoms with E-state index in [9.17, 15) is 14.4 Å². The van der Waals surface area contributed by atoms with Gasteiger partial charge >= 0.3 is 0 Å². The Morgan fingerprint density at radius 2 is 1.91 bits per heavy atom. The van der Waals surface area contributed by atoms with Crippen molar-refractivity contribution in [3.8, 4) is 11.5 Å². The van der Waals surface area contributed by atoms with E-state index in [1.165, 1.54) is 10.9 Å². The molecule has 1 saturated carbocycles. The Hall–Kier alpha value is -3.56. The molecule has 3 heterocycles. The van der Waals surface area contributed by atoms with Crippen molar-refractivity contribution in [2.24, 2.45) is 5.92 Å². The fourth-order valence-corrected chi connectivity index (χ4v) is 4.58. The molecule has 1 aromatic carbocycles. The highest BCUT2D eigenvalue weighted by Crippen LogP contribution is 2.36. The van der Waals surface area contributed by atoms with E-state index in [1.54, 1.807) is 29.3 Å². The number of carbonyl (C=O) groups excluding carboxylic acids is 3. The van der Waals surface area contributed by atoms with E-state index in [0.29, 0.717) is 36.1 Å². The number of nitrogens with zero attached hydrogens (tertiary/aromatic N) is 3. The molecule has 2 N–H and O–H groups in total. The van der Waals surface area contributed by atoms with Crippen LogP contribution in [0.15, 0.2) is 30.6 Å². The molecule has 10 heteroatoms. The highest BCUT2D eigenvalue weighted by atomic mass is 16.6. The third-order valence-corrected chi connectivity index (χ3v) is 6.26. The van der Waals surface area contributed by atoms with Crippen molar-refractivity contribution in [3.63, 3.8) is 0 Å². The van der Waals surface area contributed by atoms with Crippen molar-refractivity contribution in [3.05, 3.63) is 30.6 Å². The van der Waals surface area contributed by atoms with Gasteiger partial charge in [0, 0.05) is 37.0 Å². The lowest BCUT2D eigenvalue weighted by atomic mass is 10.1. The standard InChI is InChI=1S/C23H27N5O5/c29-21(25-16-3-1-2-4-16)14-27-13-17(11-24-27)26-23(31)15-9-22(30)28(12-15)18-5-6-19-20(10-18)33-8-7-32-19/h5-6,10-11,13,15-16H,1-4,7-9,12,14H2,(H,25,29)(H,26,31). The summed E-state index contributed by atoms with van der Waals surface area (Å²) in [5.74, 6) is 0.312. The number of ether oxygens (including phenoxy) is 2. The number of amides is 3. The molecular formula is C23H27N5O5.